The summed E-state index contributed by atoms with van der Waals surface area (Å²) in [6.45, 7) is 1.94. The number of carbonyl (C=O) groups is 1. The van der Waals surface area contributed by atoms with Crippen LogP contribution in [0, 0.1) is 10.1 Å². The second-order valence-electron chi connectivity index (χ2n) is 4.43. The van der Waals surface area contributed by atoms with Crippen molar-refractivity contribution in [2.45, 2.75) is 6.92 Å². The number of carbonyl (C=O) groups excluding carboxylic acids is 1. The van der Waals surface area contributed by atoms with E-state index in [1.165, 1.54) is 0 Å². The van der Waals surface area contributed by atoms with E-state index in [1.807, 2.05) is 0 Å². The molecule has 8 nitrogen and oxygen atoms in total. The van der Waals surface area contributed by atoms with E-state index >= 15 is 0 Å². The Labute approximate surface area is 128 Å². The third kappa shape index (κ3) is 2.81. The number of nitro groups is 1. The molecule has 0 saturated carbocycles. The molecule has 1 aromatic carbocycles. The van der Waals surface area contributed by atoms with Crippen molar-refractivity contribution in [3.63, 3.8) is 0 Å². The maximum Gasteiger partial charge on any atom is 0.356 e. The van der Waals surface area contributed by atoms with Crippen LogP contribution in [-0.2, 0) is 4.18 Å². The average Bonchev–Trinajstić information content (AvgIpc) is 2.71. The summed E-state index contributed by atoms with van der Waals surface area (Å²) in [5.41, 5.74) is 6.04. The molecule has 0 fully saturated rings. The van der Waals surface area contributed by atoms with E-state index in [2.05, 4.69) is 10.3 Å². The van der Waals surface area contributed by atoms with Gasteiger partial charge < -0.3 is 15.2 Å². The minimum Gasteiger partial charge on any atom is -0.377 e. The minimum atomic E-state index is -2.51. The van der Waals surface area contributed by atoms with Gasteiger partial charge in [-0.3, -0.25) is 14.9 Å². The highest BCUT2D eigenvalue weighted by Crippen LogP contribution is 2.58. The van der Waals surface area contributed by atoms with Crippen LogP contribution in [-0.4, -0.2) is 28.9 Å². The molecule has 1 aliphatic heterocycles. The monoisotopic (exact) mass is 324 g/mol. The molecule has 1 unspecified atom stereocenters. The zero-order chi connectivity index (χ0) is 16.3. The zero-order valence-corrected chi connectivity index (χ0v) is 12.9. The van der Waals surface area contributed by atoms with Gasteiger partial charge in [-0.05, 0) is 19.1 Å². The molecular weight excluding hydrogens is 308 g/mol. The fourth-order valence-electron chi connectivity index (χ4n) is 2.00. The van der Waals surface area contributed by atoms with Crippen molar-refractivity contribution in [3.8, 4) is 0 Å². The Kier molecular flexibility index (Phi) is 4.48. The van der Waals surface area contributed by atoms with E-state index in [0.29, 0.717) is 5.56 Å². The summed E-state index contributed by atoms with van der Waals surface area (Å²) in [6, 6.07) is 8.47. The Hall–Kier alpha value is -2.39. The number of nitrogens with one attached hydrogen (secondary N) is 1. The van der Waals surface area contributed by atoms with E-state index in [9.17, 15) is 14.9 Å². The lowest BCUT2D eigenvalue weighted by atomic mass is 10.2. The van der Waals surface area contributed by atoms with Gasteiger partial charge in [-0.2, -0.15) is 4.99 Å². The van der Waals surface area contributed by atoms with Gasteiger partial charge in [0, 0.05) is 22.1 Å². The summed E-state index contributed by atoms with van der Waals surface area (Å²) in [7, 11) is -2.51. The second-order valence-corrected chi connectivity index (χ2v) is 7.13. The number of nitrogens with zero attached hydrogens (tertiary/aromatic N) is 2. The largest absolute Gasteiger partial charge is 0.377 e. The molecule has 0 spiro atoms. The van der Waals surface area contributed by atoms with Gasteiger partial charge >= 0.3 is 5.03 Å². The maximum atomic E-state index is 12.2. The molecule has 0 aromatic heterocycles. The summed E-state index contributed by atoms with van der Waals surface area (Å²) in [5.74, 6) is -0.658. The molecule has 3 N–H and O–H groups in total. The third-order valence-corrected chi connectivity index (χ3v) is 5.69. The van der Waals surface area contributed by atoms with Crippen LogP contribution in [0.3, 0.4) is 0 Å². The van der Waals surface area contributed by atoms with Gasteiger partial charge in [-0.15, -0.1) is 0 Å². The van der Waals surface area contributed by atoms with Crippen molar-refractivity contribution in [1.29, 1.82) is 0 Å². The third-order valence-electron chi connectivity index (χ3n) is 2.95. The van der Waals surface area contributed by atoms with E-state index < -0.39 is 21.1 Å². The Morgan fingerprint density at radius 2 is 2.09 bits per heavy atom. The summed E-state index contributed by atoms with van der Waals surface area (Å²) in [6.07, 6.45) is 1.54. The highest BCUT2D eigenvalue weighted by molar-refractivity contribution is 8.44. The van der Waals surface area contributed by atoms with Crippen LogP contribution in [0.15, 0.2) is 46.2 Å². The first-order chi connectivity index (χ1) is 10.4. The average molecular weight is 324 g/mol. The lowest BCUT2D eigenvalue weighted by Gasteiger charge is -2.28. The summed E-state index contributed by atoms with van der Waals surface area (Å²) >= 11 is 0. The molecule has 1 aromatic rings. The Morgan fingerprint density at radius 3 is 2.64 bits per heavy atom. The molecule has 1 heterocycles. The van der Waals surface area contributed by atoms with Gasteiger partial charge in [0.15, 0.2) is 5.17 Å². The second kappa shape index (κ2) is 6.16. The van der Waals surface area contributed by atoms with Crippen molar-refractivity contribution in [1.82, 2.24) is 5.32 Å². The Balaban J connectivity index is 2.30. The van der Waals surface area contributed by atoms with Crippen molar-refractivity contribution in [3.05, 3.63) is 56.9 Å². The van der Waals surface area contributed by atoms with E-state index in [1.54, 1.807) is 43.5 Å². The predicted molar refractivity (Wildman–Crippen MR) is 84.7 cm³/mol. The zero-order valence-electron chi connectivity index (χ0n) is 12.1. The first kappa shape index (κ1) is 16.0. The van der Waals surface area contributed by atoms with Gasteiger partial charge in [0.25, 0.3) is 5.91 Å². The highest BCUT2D eigenvalue weighted by Gasteiger charge is 2.47. The molecule has 0 bridgehead atoms. The molecule has 1 amide bonds. The van der Waals surface area contributed by atoms with E-state index in [-0.39, 0.29) is 22.6 Å². The van der Waals surface area contributed by atoms with Crippen molar-refractivity contribution >= 4 is 21.4 Å². The molecular formula is C13H16N4O4S. The Morgan fingerprint density at radius 1 is 1.45 bits per heavy atom. The summed E-state index contributed by atoms with van der Waals surface area (Å²) in [4.78, 5) is 26.8. The van der Waals surface area contributed by atoms with Gasteiger partial charge in [-0.1, -0.05) is 18.2 Å². The van der Waals surface area contributed by atoms with Crippen LogP contribution in [0.2, 0.25) is 0 Å². The number of hydrogen-bond acceptors (Lipinski definition) is 6. The number of hydrogen-bond donors (Lipinski definition) is 2. The van der Waals surface area contributed by atoms with Crippen molar-refractivity contribution < 1.29 is 13.9 Å². The van der Waals surface area contributed by atoms with Crippen LogP contribution < -0.4 is 11.1 Å². The number of amidine groups is 1. The first-order valence-corrected chi connectivity index (χ1v) is 8.38. The predicted octanol–water partition coefficient (Wildman–Crippen LogP) is 1.53. The fraction of sp³-hybridized carbons (Fsp3) is 0.231. The number of benzene rings is 1. The molecule has 118 valence electrons. The van der Waals surface area contributed by atoms with Crippen molar-refractivity contribution in [2.24, 2.45) is 10.7 Å². The molecule has 0 radical (unpaired) electrons. The summed E-state index contributed by atoms with van der Waals surface area (Å²) in [5, 5.41) is 13.6. The van der Waals surface area contributed by atoms with Crippen LogP contribution in [0.5, 0.6) is 0 Å². The molecule has 1 atom stereocenters. The standard InChI is InChI=1S/C13H16N4O4S/c1-3-21-22(2)12(17(19)20)10(14)15-13(22)16-11(18)9-7-5-4-6-8-9/h4-8H,3,14H2,1-2H3,(H,15,16,18). The molecule has 22 heavy (non-hydrogen) atoms. The first-order valence-electron chi connectivity index (χ1n) is 6.42. The minimum absolute atomic E-state index is 0.0902. The van der Waals surface area contributed by atoms with Crippen LogP contribution in [0.25, 0.3) is 0 Å². The lowest BCUT2D eigenvalue weighted by molar-refractivity contribution is -0.412. The fourth-order valence-corrected chi connectivity index (χ4v) is 4.17. The van der Waals surface area contributed by atoms with Gasteiger partial charge in [0.2, 0.25) is 5.82 Å². The smallest absolute Gasteiger partial charge is 0.356 e. The molecule has 0 saturated heterocycles. The van der Waals surface area contributed by atoms with Crippen LogP contribution >= 0.6 is 10.3 Å². The number of amides is 1. The SMILES string of the molecule is CCOS1(C)C(NC(=O)c2ccccc2)=NC(N)=C1[N+](=O)[O-]. The van der Waals surface area contributed by atoms with Gasteiger partial charge in [0.1, 0.15) is 0 Å². The maximum absolute atomic E-state index is 12.2. The molecule has 2 rings (SSSR count). The van der Waals surface area contributed by atoms with Crippen molar-refractivity contribution in [2.75, 3.05) is 12.9 Å². The quantitative estimate of drug-likeness (QED) is 0.643. The van der Waals surface area contributed by atoms with Gasteiger partial charge in [-0.25, -0.2) is 0 Å². The Bertz CT molecular complexity index is 674. The molecule has 1 aliphatic rings. The number of aliphatic imine (C=N–C) groups is 1. The van der Waals surface area contributed by atoms with Crippen LogP contribution in [0.1, 0.15) is 17.3 Å². The molecule has 9 heteroatoms. The molecule has 0 aliphatic carbocycles. The topological polar surface area (TPSA) is 120 Å². The highest BCUT2D eigenvalue weighted by atomic mass is 32.3. The van der Waals surface area contributed by atoms with E-state index in [4.69, 9.17) is 9.92 Å². The lowest BCUT2D eigenvalue weighted by Crippen LogP contribution is -2.34. The van der Waals surface area contributed by atoms with Crippen LogP contribution in [0.4, 0.5) is 0 Å². The number of nitrogens with two attached hydrogens (primary N) is 1. The number of rotatable bonds is 4. The summed E-state index contributed by atoms with van der Waals surface area (Å²) < 4.78 is 5.54. The normalized spacial score (nSPS) is 23.6. The van der Waals surface area contributed by atoms with Gasteiger partial charge in [0.05, 0.1) is 11.5 Å². The van der Waals surface area contributed by atoms with E-state index in [0.717, 1.165) is 0 Å².